The molecule has 0 aromatic carbocycles. The number of carboxylic acids is 1. The van der Waals surface area contributed by atoms with Gasteiger partial charge in [0.15, 0.2) is 15.0 Å². The van der Waals surface area contributed by atoms with Crippen molar-refractivity contribution in [1.29, 1.82) is 0 Å². The van der Waals surface area contributed by atoms with E-state index in [4.69, 9.17) is 5.11 Å². The Hall–Kier alpha value is -1.68. The number of aryl methyl sites for hydroxylation is 1. The number of thiazole rings is 1. The predicted octanol–water partition coefficient (Wildman–Crippen LogP) is 0.557. The van der Waals surface area contributed by atoms with Gasteiger partial charge in [0.05, 0.1) is 17.2 Å². The highest BCUT2D eigenvalue weighted by Crippen LogP contribution is 2.20. The Morgan fingerprint density at radius 1 is 1.57 bits per heavy atom. The number of aliphatic carboxylic acids is 1. The lowest BCUT2D eigenvalue weighted by Crippen LogP contribution is -2.46. The summed E-state index contributed by atoms with van der Waals surface area (Å²) in [6.45, 7) is 1.22. The van der Waals surface area contributed by atoms with Crippen molar-refractivity contribution in [2.24, 2.45) is 0 Å². The number of carbonyl (C=O) groups is 2. The van der Waals surface area contributed by atoms with Crippen molar-refractivity contribution < 1.29 is 23.1 Å². The molecule has 1 unspecified atom stereocenters. The van der Waals surface area contributed by atoms with Crippen LogP contribution in [-0.2, 0) is 14.6 Å². The maximum atomic E-state index is 12.2. The molecule has 0 aliphatic carbocycles. The molecule has 2 amide bonds. The van der Waals surface area contributed by atoms with Crippen LogP contribution in [0.3, 0.4) is 0 Å². The number of nitrogens with one attached hydrogen (secondary N) is 1. The molecule has 116 valence electrons. The van der Waals surface area contributed by atoms with Gasteiger partial charge in [0, 0.05) is 11.4 Å². The number of hydrogen-bond donors (Lipinski definition) is 2. The van der Waals surface area contributed by atoms with E-state index in [9.17, 15) is 18.0 Å². The van der Waals surface area contributed by atoms with Gasteiger partial charge in [-0.1, -0.05) is 0 Å². The topological polar surface area (TPSA) is 117 Å². The van der Waals surface area contributed by atoms with Gasteiger partial charge in [-0.15, -0.1) is 11.3 Å². The van der Waals surface area contributed by atoms with Crippen LogP contribution in [0, 0.1) is 6.92 Å². The zero-order valence-corrected chi connectivity index (χ0v) is 12.9. The van der Waals surface area contributed by atoms with Crippen molar-refractivity contribution in [2.75, 3.05) is 23.4 Å². The maximum absolute atomic E-state index is 12.2. The first-order chi connectivity index (χ1) is 9.77. The first-order valence-electron chi connectivity index (χ1n) is 6.19. The number of urea groups is 1. The SMILES string of the molecule is Cc1csc(NC(=O)N(CC(=O)O)C2CCS(=O)(=O)C2)n1. The van der Waals surface area contributed by atoms with E-state index in [1.807, 2.05) is 0 Å². The third kappa shape index (κ3) is 4.14. The molecule has 1 fully saturated rings. The minimum atomic E-state index is -3.21. The highest BCUT2D eigenvalue weighted by molar-refractivity contribution is 7.91. The fourth-order valence-corrected chi connectivity index (χ4v) is 4.52. The van der Waals surface area contributed by atoms with Gasteiger partial charge in [-0.25, -0.2) is 18.2 Å². The second kappa shape index (κ2) is 5.98. The molecule has 8 nitrogen and oxygen atoms in total. The highest BCUT2D eigenvalue weighted by atomic mass is 32.2. The van der Waals surface area contributed by atoms with Crippen LogP contribution in [-0.4, -0.2) is 59.5 Å². The number of nitrogens with zero attached hydrogens (tertiary/aromatic N) is 2. The monoisotopic (exact) mass is 333 g/mol. The number of carbonyl (C=O) groups excluding carboxylic acids is 1. The van der Waals surface area contributed by atoms with E-state index in [-0.39, 0.29) is 17.9 Å². The normalized spacial score (nSPS) is 20.1. The first kappa shape index (κ1) is 15.7. The van der Waals surface area contributed by atoms with Crippen molar-refractivity contribution >= 4 is 38.3 Å². The quantitative estimate of drug-likeness (QED) is 0.831. The molecule has 0 spiro atoms. The summed E-state index contributed by atoms with van der Waals surface area (Å²) in [6, 6.07) is -1.26. The Bertz CT molecular complexity index is 655. The lowest BCUT2D eigenvalue weighted by molar-refractivity contribution is -0.138. The maximum Gasteiger partial charge on any atom is 0.324 e. The fraction of sp³-hybridized carbons (Fsp3) is 0.545. The third-order valence-corrected chi connectivity index (χ3v) is 5.67. The minimum Gasteiger partial charge on any atom is -0.480 e. The van der Waals surface area contributed by atoms with E-state index < -0.39 is 34.4 Å². The van der Waals surface area contributed by atoms with Gasteiger partial charge in [-0.3, -0.25) is 10.1 Å². The Labute approximate surface area is 125 Å². The van der Waals surface area contributed by atoms with E-state index in [0.717, 1.165) is 10.6 Å². The molecule has 2 N–H and O–H groups in total. The second-order valence-corrected chi connectivity index (χ2v) is 7.89. The van der Waals surface area contributed by atoms with E-state index >= 15 is 0 Å². The Kier molecular flexibility index (Phi) is 4.47. The molecule has 10 heteroatoms. The van der Waals surface area contributed by atoms with Gasteiger partial charge in [-0.2, -0.15) is 0 Å². The molecular weight excluding hydrogens is 318 g/mol. The minimum absolute atomic E-state index is 0.0303. The van der Waals surface area contributed by atoms with Crippen molar-refractivity contribution in [3.8, 4) is 0 Å². The summed E-state index contributed by atoms with van der Waals surface area (Å²) >= 11 is 1.22. The summed E-state index contributed by atoms with van der Waals surface area (Å²) in [4.78, 5) is 28.2. The van der Waals surface area contributed by atoms with Gasteiger partial charge in [0.1, 0.15) is 6.54 Å². The number of hydrogen-bond acceptors (Lipinski definition) is 6. The van der Waals surface area contributed by atoms with Crippen molar-refractivity contribution in [3.05, 3.63) is 11.1 Å². The zero-order chi connectivity index (χ0) is 15.6. The highest BCUT2D eigenvalue weighted by Gasteiger charge is 2.35. The van der Waals surface area contributed by atoms with Crippen LogP contribution in [0.2, 0.25) is 0 Å². The molecule has 1 aromatic heterocycles. The van der Waals surface area contributed by atoms with Gasteiger partial charge in [0.2, 0.25) is 0 Å². The molecule has 1 saturated heterocycles. The van der Waals surface area contributed by atoms with Crippen LogP contribution < -0.4 is 5.32 Å². The molecule has 0 radical (unpaired) electrons. The summed E-state index contributed by atoms with van der Waals surface area (Å²) in [5.74, 6) is -1.42. The lowest BCUT2D eigenvalue weighted by atomic mass is 10.2. The average molecular weight is 333 g/mol. The molecule has 1 aliphatic rings. The lowest BCUT2D eigenvalue weighted by Gasteiger charge is -2.26. The molecule has 1 atom stereocenters. The molecule has 1 aromatic rings. The van der Waals surface area contributed by atoms with Gasteiger partial charge >= 0.3 is 12.0 Å². The Morgan fingerprint density at radius 3 is 2.76 bits per heavy atom. The van der Waals surface area contributed by atoms with E-state index in [2.05, 4.69) is 10.3 Å². The second-order valence-electron chi connectivity index (χ2n) is 4.80. The van der Waals surface area contributed by atoms with Gasteiger partial charge in [-0.05, 0) is 13.3 Å². The number of aromatic nitrogens is 1. The van der Waals surface area contributed by atoms with Crippen LogP contribution in [0.25, 0.3) is 0 Å². The Morgan fingerprint density at radius 2 is 2.29 bits per heavy atom. The third-order valence-electron chi connectivity index (χ3n) is 3.05. The molecule has 0 saturated carbocycles. The molecular formula is C11H15N3O5S2. The van der Waals surface area contributed by atoms with E-state index in [0.29, 0.717) is 5.13 Å². The first-order valence-corrected chi connectivity index (χ1v) is 8.89. The van der Waals surface area contributed by atoms with Crippen LogP contribution in [0.1, 0.15) is 12.1 Å². The number of sulfone groups is 1. The van der Waals surface area contributed by atoms with Crippen molar-refractivity contribution in [1.82, 2.24) is 9.88 Å². The standard InChI is InChI=1S/C11H15N3O5S2/c1-7-5-20-10(12-7)13-11(17)14(4-9(15)16)8-2-3-21(18,19)6-8/h5,8H,2-4,6H2,1H3,(H,15,16)(H,12,13,17). The molecule has 0 bridgehead atoms. The molecule has 2 rings (SSSR count). The van der Waals surface area contributed by atoms with Crippen LogP contribution in [0.4, 0.5) is 9.93 Å². The van der Waals surface area contributed by atoms with E-state index in [1.54, 1.807) is 12.3 Å². The van der Waals surface area contributed by atoms with E-state index in [1.165, 1.54) is 11.3 Å². The number of amides is 2. The smallest absolute Gasteiger partial charge is 0.324 e. The summed E-state index contributed by atoms with van der Waals surface area (Å²) in [5.41, 5.74) is 0.739. The fourth-order valence-electron chi connectivity index (χ4n) is 2.11. The summed E-state index contributed by atoms with van der Waals surface area (Å²) in [5, 5.41) is 13.5. The number of rotatable bonds is 4. The molecule has 1 aliphatic heterocycles. The van der Waals surface area contributed by atoms with Gasteiger partial charge in [0.25, 0.3) is 0 Å². The number of carboxylic acid groups (broad SMARTS) is 1. The number of anilines is 1. The van der Waals surface area contributed by atoms with Crippen LogP contribution in [0.15, 0.2) is 5.38 Å². The average Bonchev–Trinajstić information content (AvgIpc) is 2.92. The van der Waals surface area contributed by atoms with Crippen LogP contribution >= 0.6 is 11.3 Å². The molecule has 21 heavy (non-hydrogen) atoms. The summed E-state index contributed by atoms with van der Waals surface area (Å²) < 4.78 is 23.0. The van der Waals surface area contributed by atoms with Crippen LogP contribution in [0.5, 0.6) is 0 Å². The largest absolute Gasteiger partial charge is 0.480 e. The predicted molar refractivity (Wildman–Crippen MR) is 77.3 cm³/mol. The molecule has 2 heterocycles. The summed E-state index contributed by atoms with van der Waals surface area (Å²) in [6.07, 6.45) is 0.250. The Balaban J connectivity index is 2.12. The van der Waals surface area contributed by atoms with Crippen molar-refractivity contribution in [3.63, 3.8) is 0 Å². The zero-order valence-electron chi connectivity index (χ0n) is 11.3. The van der Waals surface area contributed by atoms with Gasteiger partial charge < -0.3 is 10.0 Å². The summed E-state index contributed by atoms with van der Waals surface area (Å²) in [7, 11) is -3.21. The van der Waals surface area contributed by atoms with Crippen molar-refractivity contribution in [2.45, 2.75) is 19.4 Å².